The number of nitrogens with zero attached hydrogens (tertiary/aromatic N) is 1. The molecule has 2 heterocycles. The van der Waals surface area contributed by atoms with E-state index < -0.39 is 0 Å². The second-order valence-electron chi connectivity index (χ2n) is 5.69. The fourth-order valence-electron chi connectivity index (χ4n) is 3.47. The second-order valence-corrected chi connectivity index (χ2v) is 5.69. The molecule has 2 atom stereocenters. The summed E-state index contributed by atoms with van der Waals surface area (Å²) < 4.78 is 0. The summed E-state index contributed by atoms with van der Waals surface area (Å²) in [5.74, 6) is -0.375. The van der Waals surface area contributed by atoms with Gasteiger partial charge in [-0.05, 0) is 30.8 Å². The van der Waals surface area contributed by atoms with Crippen LogP contribution in [-0.4, -0.2) is 24.4 Å². The minimum Gasteiger partial charge on any atom is -0.305 e. The Labute approximate surface area is 122 Å². The summed E-state index contributed by atoms with van der Waals surface area (Å²) in [7, 11) is 0. The van der Waals surface area contributed by atoms with Gasteiger partial charge in [-0.1, -0.05) is 36.4 Å². The average Bonchev–Trinajstić information content (AvgIpc) is 2.79. The Kier molecular flexibility index (Phi) is 2.79. The van der Waals surface area contributed by atoms with Crippen LogP contribution in [0.25, 0.3) is 10.8 Å². The van der Waals surface area contributed by atoms with Crippen molar-refractivity contribution in [3.63, 3.8) is 0 Å². The van der Waals surface area contributed by atoms with E-state index in [0.717, 1.165) is 30.2 Å². The standard InChI is InChI=1S/C17H16N2O2/c20-16-13-8-4-10-18-15(13)17(21)19(16)14-9-3-6-11-5-1-2-7-12(11)14/h1-3,5-7,9,13,15,18H,4,8,10H2/t13-,15+/m1/s1. The predicted molar refractivity (Wildman–Crippen MR) is 81.0 cm³/mol. The van der Waals surface area contributed by atoms with Gasteiger partial charge in [-0.25, -0.2) is 4.90 Å². The zero-order valence-corrected chi connectivity index (χ0v) is 11.6. The van der Waals surface area contributed by atoms with E-state index in [4.69, 9.17) is 0 Å². The smallest absolute Gasteiger partial charge is 0.251 e. The van der Waals surface area contributed by atoms with Gasteiger partial charge in [-0.3, -0.25) is 9.59 Å². The van der Waals surface area contributed by atoms with Crippen molar-refractivity contribution in [2.75, 3.05) is 11.4 Å². The van der Waals surface area contributed by atoms with Gasteiger partial charge in [0.1, 0.15) is 0 Å². The number of nitrogens with one attached hydrogen (secondary N) is 1. The average molecular weight is 280 g/mol. The maximum atomic E-state index is 12.7. The fourth-order valence-corrected chi connectivity index (χ4v) is 3.47. The maximum Gasteiger partial charge on any atom is 0.251 e. The molecular weight excluding hydrogens is 264 g/mol. The van der Waals surface area contributed by atoms with E-state index in [1.807, 2.05) is 42.5 Å². The lowest BCUT2D eigenvalue weighted by Gasteiger charge is -2.21. The maximum absolute atomic E-state index is 12.7. The molecule has 2 aromatic rings. The first-order valence-corrected chi connectivity index (χ1v) is 7.36. The molecule has 106 valence electrons. The van der Waals surface area contributed by atoms with Gasteiger partial charge in [0, 0.05) is 5.39 Å². The summed E-state index contributed by atoms with van der Waals surface area (Å²) in [6.45, 7) is 0.809. The first-order chi connectivity index (χ1) is 10.3. The van der Waals surface area contributed by atoms with Crippen molar-refractivity contribution in [2.45, 2.75) is 18.9 Å². The number of fused-ring (bicyclic) bond motifs is 2. The lowest BCUT2D eigenvalue weighted by Crippen LogP contribution is -2.44. The quantitative estimate of drug-likeness (QED) is 0.814. The first-order valence-electron chi connectivity index (χ1n) is 7.36. The highest BCUT2D eigenvalue weighted by Crippen LogP contribution is 2.35. The van der Waals surface area contributed by atoms with Gasteiger partial charge in [-0.15, -0.1) is 0 Å². The minimum atomic E-state index is -0.342. The van der Waals surface area contributed by atoms with Crippen LogP contribution >= 0.6 is 0 Å². The van der Waals surface area contributed by atoms with Crippen molar-refractivity contribution in [1.29, 1.82) is 0 Å². The number of carbonyl (C=O) groups is 2. The highest BCUT2D eigenvalue weighted by Gasteiger charge is 2.49. The van der Waals surface area contributed by atoms with Crippen LogP contribution in [0.4, 0.5) is 5.69 Å². The molecular formula is C17H16N2O2. The molecule has 4 rings (SSSR count). The molecule has 4 nitrogen and oxygen atoms in total. The summed E-state index contributed by atoms with van der Waals surface area (Å²) in [4.78, 5) is 26.7. The Bertz CT molecular complexity index is 711. The molecule has 2 aromatic carbocycles. The normalized spacial score (nSPS) is 25.4. The van der Waals surface area contributed by atoms with Crippen LogP contribution in [0, 0.1) is 5.92 Å². The van der Waals surface area contributed by atoms with E-state index in [0.29, 0.717) is 5.69 Å². The molecule has 2 saturated heterocycles. The highest BCUT2D eigenvalue weighted by atomic mass is 16.2. The third kappa shape index (κ3) is 1.79. The van der Waals surface area contributed by atoms with E-state index in [1.54, 1.807) is 0 Å². The summed E-state index contributed by atoms with van der Waals surface area (Å²) in [6, 6.07) is 13.3. The van der Waals surface area contributed by atoms with Gasteiger partial charge in [0.15, 0.2) is 0 Å². The van der Waals surface area contributed by atoms with E-state index in [1.165, 1.54) is 4.90 Å². The van der Waals surface area contributed by atoms with Crippen LogP contribution in [0.5, 0.6) is 0 Å². The number of amides is 2. The van der Waals surface area contributed by atoms with Crippen LogP contribution < -0.4 is 10.2 Å². The van der Waals surface area contributed by atoms with Gasteiger partial charge in [0.2, 0.25) is 5.91 Å². The van der Waals surface area contributed by atoms with E-state index in [-0.39, 0.29) is 23.8 Å². The molecule has 0 saturated carbocycles. The third-order valence-electron chi connectivity index (χ3n) is 4.49. The molecule has 0 bridgehead atoms. The summed E-state index contributed by atoms with van der Waals surface area (Å²) in [6.07, 6.45) is 1.74. The van der Waals surface area contributed by atoms with E-state index in [2.05, 4.69) is 5.32 Å². The Balaban J connectivity index is 1.85. The molecule has 2 amide bonds. The van der Waals surface area contributed by atoms with Crippen LogP contribution in [0.15, 0.2) is 42.5 Å². The van der Waals surface area contributed by atoms with Crippen molar-refractivity contribution in [3.05, 3.63) is 42.5 Å². The number of rotatable bonds is 1. The predicted octanol–water partition coefficient (Wildman–Crippen LogP) is 2.08. The molecule has 0 radical (unpaired) electrons. The number of hydrogen-bond donors (Lipinski definition) is 1. The summed E-state index contributed by atoms with van der Waals surface area (Å²) in [5, 5.41) is 5.18. The topological polar surface area (TPSA) is 49.4 Å². The van der Waals surface area contributed by atoms with Crippen molar-refractivity contribution in [3.8, 4) is 0 Å². The molecule has 0 spiro atoms. The Morgan fingerprint density at radius 3 is 2.67 bits per heavy atom. The number of imide groups is 1. The van der Waals surface area contributed by atoms with Gasteiger partial charge in [0.25, 0.3) is 5.91 Å². The fraction of sp³-hybridized carbons (Fsp3) is 0.294. The molecule has 2 aliphatic rings. The SMILES string of the molecule is O=C1[C@H]2NCCC[C@H]2C(=O)N1c1cccc2ccccc12. The molecule has 1 N–H and O–H groups in total. The number of benzene rings is 2. The summed E-state index contributed by atoms with van der Waals surface area (Å²) >= 11 is 0. The van der Waals surface area contributed by atoms with Crippen molar-refractivity contribution >= 4 is 28.3 Å². The molecule has 2 fully saturated rings. The molecule has 0 aliphatic carbocycles. The molecule has 0 unspecified atom stereocenters. The van der Waals surface area contributed by atoms with Gasteiger partial charge >= 0.3 is 0 Å². The Hall–Kier alpha value is -2.20. The number of carbonyl (C=O) groups excluding carboxylic acids is 2. The molecule has 0 aromatic heterocycles. The minimum absolute atomic E-state index is 0.0615. The lowest BCUT2D eigenvalue weighted by molar-refractivity contribution is -0.122. The highest BCUT2D eigenvalue weighted by molar-refractivity contribution is 6.26. The van der Waals surface area contributed by atoms with Crippen LogP contribution in [0.3, 0.4) is 0 Å². The lowest BCUT2D eigenvalue weighted by atomic mass is 9.93. The third-order valence-corrected chi connectivity index (χ3v) is 4.49. The van der Waals surface area contributed by atoms with E-state index in [9.17, 15) is 9.59 Å². The van der Waals surface area contributed by atoms with Crippen LogP contribution in [0.1, 0.15) is 12.8 Å². The largest absolute Gasteiger partial charge is 0.305 e. The number of piperidine rings is 1. The zero-order chi connectivity index (χ0) is 14.4. The van der Waals surface area contributed by atoms with Gasteiger partial charge in [0.05, 0.1) is 17.6 Å². The second kappa shape index (κ2) is 4.67. The molecule has 21 heavy (non-hydrogen) atoms. The number of anilines is 1. The first kappa shape index (κ1) is 12.5. The Morgan fingerprint density at radius 2 is 1.81 bits per heavy atom. The Morgan fingerprint density at radius 1 is 1.00 bits per heavy atom. The summed E-state index contributed by atoms with van der Waals surface area (Å²) in [5.41, 5.74) is 0.708. The van der Waals surface area contributed by atoms with Crippen molar-refractivity contribution in [1.82, 2.24) is 5.32 Å². The van der Waals surface area contributed by atoms with E-state index >= 15 is 0 Å². The molecule has 4 heteroatoms. The number of hydrogen-bond acceptors (Lipinski definition) is 3. The monoisotopic (exact) mass is 280 g/mol. The van der Waals surface area contributed by atoms with Crippen molar-refractivity contribution in [2.24, 2.45) is 5.92 Å². The zero-order valence-electron chi connectivity index (χ0n) is 11.6. The van der Waals surface area contributed by atoms with Crippen LogP contribution in [-0.2, 0) is 9.59 Å². The van der Waals surface area contributed by atoms with Gasteiger partial charge < -0.3 is 5.32 Å². The molecule has 2 aliphatic heterocycles. The van der Waals surface area contributed by atoms with Crippen molar-refractivity contribution < 1.29 is 9.59 Å². The van der Waals surface area contributed by atoms with Crippen LogP contribution in [0.2, 0.25) is 0 Å². The van der Waals surface area contributed by atoms with Gasteiger partial charge in [-0.2, -0.15) is 0 Å².